The first-order chi connectivity index (χ1) is 12.6. The van der Waals surface area contributed by atoms with E-state index in [-0.39, 0.29) is 17.6 Å². The molecule has 0 aromatic heterocycles. The molecule has 0 aliphatic rings. The molecule has 0 saturated heterocycles. The average Bonchev–Trinajstić information content (AvgIpc) is 2.68. The van der Waals surface area contributed by atoms with Gasteiger partial charge in [-0.05, 0) is 54.1 Å². The van der Waals surface area contributed by atoms with Crippen LogP contribution in [0, 0.1) is 5.82 Å². The summed E-state index contributed by atoms with van der Waals surface area (Å²) in [5.74, 6) is -0.816. The first-order valence-electron chi connectivity index (χ1n) is 8.11. The Bertz CT molecular complexity index is 892. The molecule has 0 spiro atoms. The topological polar surface area (TPSA) is 58.2 Å². The zero-order valence-corrected chi connectivity index (χ0v) is 13.9. The van der Waals surface area contributed by atoms with Gasteiger partial charge in [0, 0.05) is 23.4 Å². The maximum atomic E-state index is 12.9. The molecule has 5 heteroatoms. The van der Waals surface area contributed by atoms with Crippen LogP contribution in [0.5, 0.6) is 0 Å². The molecule has 2 N–H and O–H groups in total. The number of anilines is 1. The Morgan fingerprint density at radius 1 is 0.731 bits per heavy atom. The van der Waals surface area contributed by atoms with E-state index >= 15 is 0 Å². The molecule has 26 heavy (non-hydrogen) atoms. The lowest BCUT2D eigenvalue weighted by molar-refractivity contribution is 0.0949. The van der Waals surface area contributed by atoms with Gasteiger partial charge < -0.3 is 10.6 Å². The van der Waals surface area contributed by atoms with Gasteiger partial charge in [-0.3, -0.25) is 9.59 Å². The third-order valence-corrected chi connectivity index (χ3v) is 3.81. The van der Waals surface area contributed by atoms with E-state index in [1.54, 1.807) is 48.5 Å². The summed E-state index contributed by atoms with van der Waals surface area (Å²) in [6.07, 6.45) is 0. The fourth-order valence-electron chi connectivity index (χ4n) is 2.38. The lowest BCUT2D eigenvalue weighted by Crippen LogP contribution is -2.23. The molecule has 2 amide bonds. The highest BCUT2D eigenvalue weighted by Crippen LogP contribution is 2.10. The summed E-state index contributed by atoms with van der Waals surface area (Å²) in [7, 11) is 0. The molecule has 0 fully saturated rings. The fourth-order valence-corrected chi connectivity index (χ4v) is 2.38. The van der Waals surface area contributed by atoms with Gasteiger partial charge in [-0.1, -0.05) is 30.3 Å². The van der Waals surface area contributed by atoms with E-state index in [0.717, 1.165) is 5.56 Å². The number of carbonyl (C=O) groups excluding carboxylic acids is 2. The Morgan fingerprint density at radius 2 is 1.31 bits per heavy atom. The van der Waals surface area contributed by atoms with Gasteiger partial charge in [0.15, 0.2) is 0 Å². The summed E-state index contributed by atoms with van der Waals surface area (Å²) in [6.45, 7) is 0.301. The van der Waals surface area contributed by atoms with Crippen molar-refractivity contribution in [2.45, 2.75) is 6.54 Å². The van der Waals surface area contributed by atoms with Crippen LogP contribution in [-0.2, 0) is 6.54 Å². The predicted octanol–water partition coefficient (Wildman–Crippen LogP) is 4.01. The first-order valence-corrected chi connectivity index (χ1v) is 8.11. The van der Waals surface area contributed by atoms with Crippen LogP contribution in [0.2, 0.25) is 0 Å². The summed E-state index contributed by atoms with van der Waals surface area (Å²) in [4.78, 5) is 24.4. The standard InChI is InChI=1S/C21H17FN2O2/c22-18-12-6-15(7-13-18)14-23-20(25)16-8-10-17(11-9-16)21(26)24-19-4-2-1-3-5-19/h1-13H,14H2,(H,23,25)(H,24,26). The first kappa shape index (κ1) is 17.4. The van der Waals surface area contributed by atoms with Crippen molar-refractivity contribution < 1.29 is 14.0 Å². The van der Waals surface area contributed by atoms with Gasteiger partial charge in [0.2, 0.25) is 0 Å². The molecule has 0 aliphatic heterocycles. The smallest absolute Gasteiger partial charge is 0.255 e. The van der Waals surface area contributed by atoms with Gasteiger partial charge in [-0.15, -0.1) is 0 Å². The van der Waals surface area contributed by atoms with Gasteiger partial charge in [0.25, 0.3) is 11.8 Å². The second-order valence-electron chi connectivity index (χ2n) is 5.71. The molecule has 4 nitrogen and oxygen atoms in total. The molecule has 3 aromatic rings. The van der Waals surface area contributed by atoms with Gasteiger partial charge in [0.1, 0.15) is 5.82 Å². The summed E-state index contributed by atoms with van der Waals surface area (Å²) < 4.78 is 12.9. The van der Waals surface area contributed by atoms with Gasteiger partial charge in [-0.2, -0.15) is 0 Å². The SMILES string of the molecule is O=C(NCc1ccc(F)cc1)c1ccc(C(=O)Nc2ccccc2)cc1. The molecule has 0 bridgehead atoms. The number of hydrogen-bond donors (Lipinski definition) is 2. The number of amides is 2. The molecule has 0 aliphatic carbocycles. The van der Waals surface area contributed by atoms with Crippen molar-refractivity contribution in [1.29, 1.82) is 0 Å². The third kappa shape index (κ3) is 4.54. The number of nitrogens with one attached hydrogen (secondary N) is 2. The molecular formula is C21H17FN2O2. The number of hydrogen-bond acceptors (Lipinski definition) is 2. The lowest BCUT2D eigenvalue weighted by Gasteiger charge is -2.07. The highest BCUT2D eigenvalue weighted by atomic mass is 19.1. The van der Waals surface area contributed by atoms with E-state index in [0.29, 0.717) is 23.4 Å². The van der Waals surface area contributed by atoms with Gasteiger partial charge in [0.05, 0.1) is 0 Å². The fraction of sp³-hybridized carbons (Fsp3) is 0.0476. The summed E-state index contributed by atoms with van der Waals surface area (Å²) >= 11 is 0. The van der Waals surface area contributed by atoms with Gasteiger partial charge in [-0.25, -0.2) is 4.39 Å². The van der Waals surface area contributed by atoms with E-state index in [9.17, 15) is 14.0 Å². The quantitative estimate of drug-likeness (QED) is 0.732. The molecular weight excluding hydrogens is 331 g/mol. The monoisotopic (exact) mass is 348 g/mol. The summed E-state index contributed by atoms with van der Waals surface area (Å²) in [6, 6.07) is 21.5. The maximum Gasteiger partial charge on any atom is 0.255 e. The number of para-hydroxylation sites is 1. The molecule has 3 rings (SSSR count). The lowest BCUT2D eigenvalue weighted by atomic mass is 10.1. The van der Waals surface area contributed by atoms with E-state index in [2.05, 4.69) is 10.6 Å². The summed E-state index contributed by atoms with van der Waals surface area (Å²) in [5, 5.41) is 5.55. The number of rotatable bonds is 5. The van der Waals surface area contributed by atoms with Crippen LogP contribution in [-0.4, -0.2) is 11.8 Å². The number of carbonyl (C=O) groups is 2. The molecule has 130 valence electrons. The highest BCUT2D eigenvalue weighted by Gasteiger charge is 2.09. The Balaban J connectivity index is 1.58. The average molecular weight is 348 g/mol. The molecule has 0 heterocycles. The van der Waals surface area contributed by atoms with Crippen molar-refractivity contribution in [3.05, 3.63) is 101 Å². The van der Waals surface area contributed by atoms with Crippen LogP contribution >= 0.6 is 0 Å². The highest BCUT2D eigenvalue weighted by molar-refractivity contribution is 6.05. The van der Waals surface area contributed by atoms with Crippen molar-refractivity contribution in [3.63, 3.8) is 0 Å². The predicted molar refractivity (Wildman–Crippen MR) is 98.4 cm³/mol. The van der Waals surface area contributed by atoms with E-state index in [1.165, 1.54) is 12.1 Å². The molecule has 0 unspecified atom stereocenters. The minimum Gasteiger partial charge on any atom is -0.348 e. The van der Waals surface area contributed by atoms with Crippen LogP contribution in [0.3, 0.4) is 0 Å². The van der Waals surface area contributed by atoms with Crippen molar-refractivity contribution >= 4 is 17.5 Å². The summed E-state index contributed by atoms with van der Waals surface area (Å²) in [5.41, 5.74) is 2.42. The number of halogens is 1. The van der Waals surface area contributed by atoms with Crippen molar-refractivity contribution in [2.75, 3.05) is 5.32 Å². The van der Waals surface area contributed by atoms with Crippen molar-refractivity contribution in [1.82, 2.24) is 5.32 Å². The third-order valence-electron chi connectivity index (χ3n) is 3.81. The van der Waals surface area contributed by atoms with Crippen LogP contribution < -0.4 is 10.6 Å². The van der Waals surface area contributed by atoms with Crippen LogP contribution in [0.25, 0.3) is 0 Å². The molecule has 0 atom stereocenters. The maximum absolute atomic E-state index is 12.9. The van der Waals surface area contributed by atoms with Crippen LogP contribution in [0.15, 0.2) is 78.9 Å². The molecule has 0 radical (unpaired) electrons. The molecule has 3 aromatic carbocycles. The Labute approximate surface area is 150 Å². The van der Waals surface area contributed by atoms with Crippen LogP contribution in [0.4, 0.5) is 10.1 Å². The molecule has 0 saturated carbocycles. The normalized spacial score (nSPS) is 10.2. The number of benzene rings is 3. The van der Waals surface area contributed by atoms with E-state index in [1.807, 2.05) is 18.2 Å². The second-order valence-corrected chi connectivity index (χ2v) is 5.71. The minimum absolute atomic E-state index is 0.241. The Hall–Kier alpha value is -3.47. The van der Waals surface area contributed by atoms with Crippen molar-refractivity contribution in [2.24, 2.45) is 0 Å². The minimum atomic E-state index is -0.315. The van der Waals surface area contributed by atoms with Crippen molar-refractivity contribution in [3.8, 4) is 0 Å². The Kier molecular flexibility index (Phi) is 5.39. The largest absolute Gasteiger partial charge is 0.348 e. The zero-order chi connectivity index (χ0) is 18.4. The Morgan fingerprint density at radius 3 is 1.92 bits per heavy atom. The van der Waals surface area contributed by atoms with Crippen LogP contribution in [0.1, 0.15) is 26.3 Å². The van der Waals surface area contributed by atoms with E-state index < -0.39 is 0 Å². The van der Waals surface area contributed by atoms with Gasteiger partial charge >= 0.3 is 0 Å². The second kappa shape index (κ2) is 8.07. The van der Waals surface area contributed by atoms with E-state index in [4.69, 9.17) is 0 Å². The zero-order valence-electron chi connectivity index (χ0n) is 13.9.